The number of methoxy groups -OCH3 is 1. The van der Waals surface area contributed by atoms with Gasteiger partial charge in [-0.3, -0.25) is 24.0 Å². The maximum atomic E-state index is 14.0. The van der Waals surface area contributed by atoms with Crippen molar-refractivity contribution in [2.75, 3.05) is 19.0 Å². The third-order valence-corrected chi connectivity index (χ3v) is 8.15. The molecule has 0 spiro atoms. The fourth-order valence-corrected chi connectivity index (χ4v) is 5.04. The third-order valence-electron chi connectivity index (χ3n) is 8.15. The van der Waals surface area contributed by atoms with Crippen LogP contribution < -0.4 is 31.3 Å². The lowest BCUT2D eigenvalue weighted by Crippen LogP contribution is -2.57. The van der Waals surface area contributed by atoms with Crippen LogP contribution in [0.2, 0.25) is 0 Å². The van der Waals surface area contributed by atoms with Gasteiger partial charge in [0, 0.05) is 5.92 Å². The smallest absolute Gasteiger partial charge is 0.254 e. The second-order valence-electron chi connectivity index (χ2n) is 11.9. The summed E-state index contributed by atoms with van der Waals surface area (Å²) in [7, 11) is 1.54. The lowest BCUT2D eigenvalue weighted by molar-refractivity contribution is -0.133. The summed E-state index contributed by atoms with van der Waals surface area (Å²) in [5, 5.41) is 24.2. The third kappa shape index (κ3) is 9.19. The first-order chi connectivity index (χ1) is 21.4. The second kappa shape index (κ2) is 15.9. The molecule has 0 saturated heterocycles. The number of anilines is 1. The fourth-order valence-electron chi connectivity index (χ4n) is 5.04. The van der Waals surface area contributed by atoms with E-state index in [9.17, 15) is 29.1 Å². The molecule has 2 aromatic rings. The first-order valence-electron chi connectivity index (χ1n) is 15.3. The predicted molar refractivity (Wildman–Crippen MR) is 170 cm³/mol. The van der Waals surface area contributed by atoms with Crippen molar-refractivity contribution in [3.8, 4) is 11.5 Å². The van der Waals surface area contributed by atoms with Gasteiger partial charge in [0.1, 0.15) is 29.6 Å². The van der Waals surface area contributed by atoms with E-state index in [0.29, 0.717) is 24.2 Å². The molecule has 1 aliphatic heterocycles. The molecule has 0 aromatic heterocycles. The van der Waals surface area contributed by atoms with Gasteiger partial charge in [-0.15, -0.1) is 0 Å². The highest BCUT2D eigenvalue weighted by Gasteiger charge is 2.35. The topological polar surface area (TPSA) is 175 Å². The van der Waals surface area contributed by atoms with Crippen LogP contribution in [-0.4, -0.2) is 66.4 Å². The monoisotopic (exact) mass is 623 g/mol. The van der Waals surface area contributed by atoms with Crippen molar-refractivity contribution in [3.05, 3.63) is 53.6 Å². The fraction of sp³-hybridized carbons (Fsp3) is 0.485. The van der Waals surface area contributed by atoms with Gasteiger partial charge in [-0.1, -0.05) is 59.2 Å². The normalized spacial score (nSPS) is 21.4. The van der Waals surface area contributed by atoms with Gasteiger partial charge in [0.2, 0.25) is 23.6 Å². The number of ether oxygens (including phenoxy) is 1. The van der Waals surface area contributed by atoms with E-state index in [-0.39, 0.29) is 35.3 Å². The highest BCUT2D eigenvalue weighted by molar-refractivity contribution is 6.08. The number of benzene rings is 2. The number of hydrogen-bond donors (Lipinski definition) is 6. The molecule has 3 rings (SSSR count). The summed E-state index contributed by atoms with van der Waals surface area (Å²) in [4.78, 5) is 67.4. The zero-order chi connectivity index (χ0) is 33.3. The number of phenols is 1. The van der Waals surface area contributed by atoms with Crippen LogP contribution >= 0.6 is 0 Å². The second-order valence-corrected chi connectivity index (χ2v) is 11.9. The maximum absolute atomic E-state index is 14.0. The lowest BCUT2D eigenvalue weighted by Gasteiger charge is -2.30. The molecule has 0 saturated carbocycles. The number of nitrogens with one attached hydrogen (secondary N) is 5. The number of aromatic hydroxyl groups is 1. The van der Waals surface area contributed by atoms with Crippen LogP contribution in [0.1, 0.15) is 75.7 Å². The largest absolute Gasteiger partial charge is 0.506 e. The number of carbonyl (C=O) groups excluding carboxylic acids is 5. The van der Waals surface area contributed by atoms with Crippen molar-refractivity contribution in [1.29, 1.82) is 0 Å². The van der Waals surface area contributed by atoms with Crippen molar-refractivity contribution in [3.63, 3.8) is 0 Å². The number of phenolic OH excluding ortho intramolecular Hbond substituents is 1. The Morgan fingerprint density at radius 2 is 1.56 bits per heavy atom. The van der Waals surface area contributed by atoms with Crippen LogP contribution in [0, 0.1) is 11.8 Å². The Morgan fingerprint density at radius 1 is 0.867 bits per heavy atom. The van der Waals surface area contributed by atoms with Gasteiger partial charge in [-0.05, 0) is 54.5 Å². The Balaban J connectivity index is 2.10. The summed E-state index contributed by atoms with van der Waals surface area (Å²) in [5.74, 6) is -3.59. The Labute approximate surface area is 264 Å². The Hall–Kier alpha value is -4.61. The van der Waals surface area contributed by atoms with Gasteiger partial charge >= 0.3 is 0 Å². The van der Waals surface area contributed by atoms with E-state index >= 15 is 0 Å². The van der Waals surface area contributed by atoms with Crippen LogP contribution in [-0.2, 0) is 19.2 Å². The minimum Gasteiger partial charge on any atom is -0.506 e. The summed E-state index contributed by atoms with van der Waals surface area (Å²) in [5.41, 5.74) is 0.471. The number of rotatable bonds is 8. The van der Waals surface area contributed by atoms with Crippen LogP contribution in [0.25, 0.3) is 0 Å². The van der Waals surface area contributed by atoms with Gasteiger partial charge in [0.05, 0.1) is 24.9 Å². The number of para-hydroxylation sites is 1. The number of carbonyl (C=O) groups is 5. The molecule has 2 aromatic carbocycles. The molecule has 0 aliphatic carbocycles. The van der Waals surface area contributed by atoms with Crippen LogP contribution in [0.5, 0.6) is 11.5 Å². The predicted octanol–water partition coefficient (Wildman–Crippen LogP) is 2.82. The zero-order valence-electron chi connectivity index (χ0n) is 26.7. The number of amides is 5. The molecule has 5 amide bonds. The quantitative estimate of drug-likeness (QED) is 0.245. The van der Waals surface area contributed by atoms with Gasteiger partial charge in [-0.2, -0.15) is 0 Å². The lowest BCUT2D eigenvalue weighted by atomic mass is 9.91. The van der Waals surface area contributed by atoms with Crippen molar-refractivity contribution in [2.45, 2.75) is 77.9 Å². The van der Waals surface area contributed by atoms with Gasteiger partial charge in [0.15, 0.2) is 0 Å². The van der Waals surface area contributed by atoms with Crippen LogP contribution in [0.4, 0.5) is 5.69 Å². The molecule has 1 aliphatic rings. The van der Waals surface area contributed by atoms with Gasteiger partial charge < -0.3 is 36.4 Å². The molecule has 0 fully saturated rings. The molecule has 12 heteroatoms. The minimum absolute atomic E-state index is 0.0739. The molecule has 0 bridgehead atoms. The van der Waals surface area contributed by atoms with E-state index in [1.807, 2.05) is 20.8 Å². The zero-order valence-corrected chi connectivity index (χ0v) is 26.7. The molecule has 45 heavy (non-hydrogen) atoms. The summed E-state index contributed by atoms with van der Waals surface area (Å²) in [6.07, 6.45) is 1.44. The first kappa shape index (κ1) is 34.9. The van der Waals surface area contributed by atoms with E-state index in [1.165, 1.54) is 25.3 Å². The average Bonchev–Trinajstić information content (AvgIpc) is 3.02. The Kier molecular flexibility index (Phi) is 12.3. The van der Waals surface area contributed by atoms with Crippen molar-refractivity contribution < 1.29 is 33.8 Å². The molecule has 6 N–H and O–H groups in total. The van der Waals surface area contributed by atoms with Gasteiger partial charge in [-0.25, -0.2) is 0 Å². The Bertz CT molecular complexity index is 1380. The molecule has 5 atom stereocenters. The van der Waals surface area contributed by atoms with E-state index in [2.05, 4.69) is 26.6 Å². The van der Waals surface area contributed by atoms with Crippen molar-refractivity contribution >= 4 is 35.2 Å². The molecular formula is C33H45N5O7. The standard InChI is InChI=1S/C33H45N5O7/c1-7-19(4)27-32(43)37-28(20(5)21-12-14-22(45-6)15-13-21)33(44)38-29-23(9-8-10-25(29)39)30(41)35-24(16-11-18(2)3)31(42)34-17-26(40)36-27/h8-10,12-15,18-20,24,27-28,39H,7,11,16-17H2,1-6H3,(H,34,42)(H,35,41)(H,36,40)(H,37,43)(H,38,44)/t19-,20+,24-,27+,28-/m0/s1. The molecule has 244 valence electrons. The molecule has 12 nitrogen and oxygen atoms in total. The first-order valence-corrected chi connectivity index (χ1v) is 15.3. The number of fused-ring (bicyclic) bond motifs is 1. The average molecular weight is 624 g/mol. The SMILES string of the molecule is CC[C@H](C)[C@H]1NC(=O)CNC(=O)[C@H](CCC(C)C)NC(=O)c2cccc(O)c2NC(=O)[C@H]([C@H](C)c2ccc(OC)cc2)NC1=O. The van der Waals surface area contributed by atoms with Gasteiger partial charge in [0.25, 0.3) is 5.91 Å². The number of hydrogen-bond acceptors (Lipinski definition) is 7. The highest BCUT2D eigenvalue weighted by Crippen LogP contribution is 2.30. The maximum Gasteiger partial charge on any atom is 0.254 e. The summed E-state index contributed by atoms with van der Waals surface area (Å²) in [6, 6.07) is 8.01. The minimum atomic E-state index is -1.18. The Morgan fingerprint density at radius 3 is 2.18 bits per heavy atom. The van der Waals surface area contributed by atoms with Crippen molar-refractivity contribution in [2.24, 2.45) is 11.8 Å². The molecule has 1 heterocycles. The summed E-state index contributed by atoms with van der Waals surface area (Å²) >= 11 is 0. The molecular weight excluding hydrogens is 578 g/mol. The van der Waals surface area contributed by atoms with E-state index in [4.69, 9.17) is 4.74 Å². The van der Waals surface area contributed by atoms with E-state index < -0.39 is 60.1 Å². The van der Waals surface area contributed by atoms with Crippen molar-refractivity contribution in [1.82, 2.24) is 21.3 Å². The van der Waals surface area contributed by atoms with Crippen LogP contribution in [0.3, 0.4) is 0 Å². The van der Waals surface area contributed by atoms with Crippen LogP contribution in [0.15, 0.2) is 42.5 Å². The highest BCUT2D eigenvalue weighted by atomic mass is 16.5. The summed E-state index contributed by atoms with van der Waals surface area (Å²) < 4.78 is 5.25. The summed E-state index contributed by atoms with van der Waals surface area (Å²) in [6.45, 7) is 8.97. The van der Waals surface area contributed by atoms with E-state index in [1.54, 1.807) is 38.1 Å². The molecule has 0 unspecified atom stereocenters. The molecule has 0 radical (unpaired) electrons. The van der Waals surface area contributed by atoms with E-state index in [0.717, 1.165) is 0 Å².